The number of nitrogens with two attached hydrogens (primary N) is 1. The summed E-state index contributed by atoms with van der Waals surface area (Å²) >= 11 is 0. The number of halogens is 1. The maximum absolute atomic E-state index is 12.7. The molecular weight excluding hydrogens is 209 g/mol. The van der Waals surface area contributed by atoms with Gasteiger partial charge in [-0.15, -0.1) is 0 Å². The van der Waals surface area contributed by atoms with E-state index in [9.17, 15) is 9.18 Å². The van der Waals surface area contributed by atoms with Crippen LogP contribution in [0.1, 0.15) is 0 Å². The third-order valence-electron chi connectivity index (χ3n) is 2.14. The highest BCUT2D eigenvalue weighted by molar-refractivity contribution is 5.74. The summed E-state index contributed by atoms with van der Waals surface area (Å²) in [6.07, 6.45) is 3.23. The Morgan fingerprint density at radius 1 is 1.38 bits per heavy atom. The van der Waals surface area contributed by atoms with Gasteiger partial charge in [-0.3, -0.25) is 4.79 Å². The molecule has 1 aromatic carbocycles. The van der Waals surface area contributed by atoms with E-state index in [0.717, 1.165) is 5.56 Å². The lowest BCUT2D eigenvalue weighted by Crippen LogP contribution is -2.18. The number of nitrogens with zero attached hydrogens (tertiary/aromatic N) is 2. The molecular formula is C11H10FN3O. The van der Waals surface area contributed by atoms with Crippen molar-refractivity contribution in [2.45, 2.75) is 6.54 Å². The number of carbonyl (C=O) groups is 1. The van der Waals surface area contributed by atoms with Crippen LogP contribution in [0.5, 0.6) is 0 Å². The van der Waals surface area contributed by atoms with E-state index < -0.39 is 5.91 Å². The number of rotatable bonds is 3. The zero-order chi connectivity index (χ0) is 11.5. The molecule has 1 heterocycles. The second-order valence-electron chi connectivity index (χ2n) is 3.35. The van der Waals surface area contributed by atoms with Gasteiger partial charge in [0.05, 0.1) is 0 Å². The van der Waals surface area contributed by atoms with Crippen molar-refractivity contribution in [3.05, 3.63) is 42.5 Å². The standard InChI is InChI=1S/C11H10FN3O/c12-9-3-1-8(2-4-9)11-14-5-6-15(11)7-10(13)16/h1-6H,7H2,(H2,13,16). The van der Waals surface area contributed by atoms with Crippen molar-refractivity contribution in [1.82, 2.24) is 9.55 Å². The summed E-state index contributed by atoms with van der Waals surface area (Å²) in [5.74, 6) is -0.156. The summed E-state index contributed by atoms with van der Waals surface area (Å²) in [5.41, 5.74) is 5.85. The van der Waals surface area contributed by atoms with Crippen LogP contribution in [-0.4, -0.2) is 15.5 Å². The van der Waals surface area contributed by atoms with Crippen molar-refractivity contribution in [2.24, 2.45) is 5.73 Å². The third kappa shape index (κ3) is 2.08. The molecule has 0 fully saturated rings. The molecule has 0 radical (unpaired) electrons. The van der Waals surface area contributed by atoms with E-state index in [0.29, 0.717) is 5.82 Å². The molecule has 0 unspecified atom stereocenters. The Morgan fingerprint density at radius 2 is 2.06 bits per heavy atom. The molecule has 4 nitrogen and oxygen atoms in total. The van der Waals surface area contributed by atoms with Crippen LogP contribution in [-0.2, 0) is 11.3 Å². The van der Waals surface area contributed by atoms with E-state index in [1.54, 1.807) is 29.1 Å². The van der Waals surface area contributed by atoms with Crippen molar-refractivity contribution < 1.29 is 9.18 Å². The van der Waals surface area contributed by atoms with Crippen LogP contribution >= 0.6 is 0 Å². The van der Waals surface area contributed by atoms with Crippen LogP contribution in [0.3, 0.4) is 0 Å². The second kappa shape index (κ2) is 4.14. The van der Waals surface area contributed by atoms with Gasteiger partial charge in [-0.1, -0.05) is 0 Å². The molecule has 0 saturated heterocycles. The van der Waals surface area contributed by atoms with E-state index in [-0.39, 0.29) is 12.4 Å². The van der Waals surface area contributed by atoms with Gasteiger partial charge in [0.2, 0.25) is 5.91 Å². The first-order valence-electron chi connectivity index (χ1n) is 4.72. The lowest BCUT2D eigenvalue weighted by atomic mass is 10.2. The molecule has 2 N–H and O–H groups in total. The van der Waals surface area contributed by atoms with Crippen LogP contribution in [0.15, 0.2) is 36.7 Å². The molecule has 0 spiro atoms. The Labute approximate surface area is 91.5 Å². The number of aromatic nitrogens is 2. The summed E-state index contributed by atoms with van der Waals surface area (Å²) in [6, 6.07) is 5.90. The maximum atomic E-state index is 12.7. The molecule has 0 saturated carbocycles. The van der Waals surface area contributed by atoms with Crippen molar-refractivity contribution in [3.63, 3.8) is 0 Å². The monoisotopic (exact) mass is 219 g/mol. The van der Waals surface area contributed by atoms with E-state index >= 15 is 0 Å². The largest absolute Gasteiger partial charge is 0.368 e. The zero-order valence-electron chi connectivity index (χ0n) is 8.43. The Bertz CT molecular complexity index is 504. The normalized spacial score (nSPS) is 10.3. The highest BCUT2D eigenvalue weighted by Gasteiger charge is 2.07. The highest BCUT2D eigenvalue weighted by atomic mass is 19.1. The predicted octanol–water partition coefficient (Wildman–Crippen LogP) is 1.17. The summed E-state index contributed by atoms with van der Waals surface area (Å²) in [5, 5.41) is 0. The van der Waals surface area contributed by atoms with Crippen LogP contribution in [0.25, 0.3) is 11.4 Å². The fourth-order valence-electron chi connectivity index (χ4n) is 1.46. The van der Waals surface area contributed by atoms with Gasteiger partial charge in [0.1, 0.15) is 18.2 Å². The number of primary amides is 1. The molecule has 0 aliphatic rings. The molecule has 0 aliphatic carbocycles. The minimum atomic E-state index is -0.443. The number of carbonyl (C=O) groups excluding carboxylic acids is 1. The number of amides is 1. The van der Waals surface area contributed by atoms with Gasteiger partial charge in [-0.05, 0) is 24.3 Å². The lowest BCUT2D eigenvalue weighted by Gasteiger charge is -2.05. The molecule has 82 valence electrons. The fraction of sp³-hybridized carbons (Fsp3) is 0.0909. The van der Waals surface area contributed by atoms with Gasteiger partial charge in [0.25, 0.3) is 0 Å². The van der Waals surface area contributed by atoms with E-state index in [1.807, 2.05) is 0 Å². The van der Waals surface area contributed by atoms with Gasteiger partial charge in [-0.25, -0.2) is 9.37 Å². The Kier molecular flexibility index (Phi) is 2.68. The van der Waals surface area contributed by atoms with Crippen molar-refractivity contribution in [1.29, 1.82) is 0 Å². The molecule has 2 rings (SSSR count). The number of hydrogen-bond donors (Lipinski definition) is 1. The molecule has 0 bridgehead atoms. The van der Waals surface area contributed by atoms with Gasteiger partial charge >= 0.3 is 0 Å². The lowest BCUT2D eigenvalue weighted by molar-refractivity contribution is -0.118. The highest BCUT2D eigenvalue weighted by Crippen LogP contribution is 2.17. The predicted molar refractivity (Wildman–Crippen MR) is 56.8 cm³/mol. The number of benzene rings is 1. The van der Waals surface area contributed by atoms with Gasteiger partial charge in [-0.2, -0.15) is 0 Å². The molecule has 1 amide bonds. The zero-order valence-corrected chi connectivity index (χ0v) is 8.43. The van der Waals surface area contributed by atoms with Gasteiger partial charge < -0.3 is 10.3 Å². The molecule has 1 aromatic heterocycles. The van der Waals surface area contributed by atoms with E-state index in [1.165, 1.54) is 12.1 Å². The average molecular weight is 219 g/mol. The van der Waals surface area contributed by atoms with E-state index in [4.69, 9.17) is 5.73 Å². The first kappa shape index (κ1) is 10.4. The summed E-state index contributed by atoms with van der Waals surface area (Å²) in [4.78, 5) is 14.9. The summed E-state index contributed by atoms with van der Waals surface area (Å²) < 4.78 is 14.4. The quantitative estimate of drug-likeness (QED) is 0.842. The van der Waals surface area contributed by atoms with Crippen LogP contribution in [0.4, 0.5) is 4.39 Å². The minimum Gasteiger partial charge on any atom is -0.368 e. The first-order valence-corrected chi connectivity index (χ1v) is 4.72. The molecule has 0 aliphatic heterocycles. The molecule has 5 heteroatoms. The van der Waals surface area contributed by atoms with Gasteiger partial charge in [0, 0.05) is 18.0 Å². The van der Waals surface area contributed by atoms with E-state index in [2.05, 4.69) is 4.98 Å². The molecule has 2 aromatic rings. The fourth-order valence-corrected chi connectivity index (χ4v) is 1.46. The maximum Gasteiger partial charge on any atom is 0.237 e. The Morgan fingerprint density at radius 3 is 2.69 bits per heavy atom. The van der Waals surface area contributed by atoms with Crippen LogP contribution < -0.4 is 5.73 Å². The smallest absolute Gasteiger partial charge is 0.237 e. The number of imidazole rings is 1. The minimum absolute atomic E-state index is 0.0622. The van der Waals surface area contributed by atoms with Crippen molar-refractivity contribution in [3.8, 4) is 11.4 Å². The van der Waals surface area contributed by atoms with Crippen LogP contribution in [0.2, 0.25) is 0 Å². The van der Waals surface area contributed by atoms with Gasteiger partial charge in [0.15, 0.2) is 0 Å². The Hall–Kier alpha value is -2.17. The Balaban J connectivity index is 2.36. The number of hydrogen-bond acceptors (Lipinski definition) is 2. The van der Waals surface area contributed by atoms with Crippen molar-refractivity contribution in [2.75, 3.05) is 0 Å². The topological polar surface area (TPSA) is 60.9 Å². The molecule has 0 atom stereocenters. The molecule has 16 heavy (non-hydrogen) atoms. The van der Waals surface area contributed by atoms with Crippen molar-refractivity contribution >= 4 is 5.91 Å². The summed E-state index contributed by atoms with van der Waals surface area (Å²) in [6.45, 7) is 0.0622. The first-order chi connectivity index (χ1) is 7.66. The SMILES string of the molecule is NC(=O)Cn1ccnc1-c1ccc(F)cc1. The van der Waals surface area contributed by atoms with Crippen LogP contribution in [0, 0.1) is 5.82 Å². The third-order valence-corrected chi connectivity index (χ3v) is 2.14. The average Bonchev–Trinajstić information content (AvgIpc) is 2.66. The summed E-state index contributed by atoms with van der Waals surface area (Å²) in [7, 11) is 0. The second-order valence-corrected chi connectivity index (χ2v) is 3.35.